The number of carbonyl (C=O) groups excluding carboxylic acids is 1. The van der Waals surface area contributed by atoms with Crippen molar-refractivity contribution < 1.29 is 9.53 Å². The molecule has 3 rings (SSSR count). The number of nitrogens with one attached hydrogen (secondary N) is 1. The topological polar surface area (TPSA) is 119 Å². The first-order chi connectivity index (χ1) is 9.16. The normalized spacial score (nSPS) is 22.3. The minimum Gasteiger partial charge on any atom is -0.383 e. The van der Waals surface area contributed by atoms with Crippen molar-refractivity contribution in [3.63, 3.8) is 0 Å². The Hall–Kier alpha value is -1.93. The van der Waals surface area contributed by atoms with Crippen LogP contribution in [0.1, 0.15) is 17.3 Å². The molecule has 0 aliphatic carbocycles. The number of hydrogen-bond donors (Lipinski definition) is 3. The molecule has 1 unspecified atom stereocenters. The highest BCUT2D eigenvalue weighted by Gasteiger charge is 2.35. The second-order valence-corrected chi connectivity index (χ2v) is 4.58. The molecule has 0 saturated carbocycles. The Bertz CT molecular complexity index is 514. The van der Waals surface area contributed by atoms with Crippen molar-refractivity contribution >= 4 is 17.7 Å². The fourth-order valence-corrected chi connectivity index (χ4v) is 2.48. The standard InChI is InChI=1S/C11H16N6O2/c12-9-7-6(15-11(13)16-9)5-14-8(7)10(18)17-1-3-19-4-2-17/h8,14H,1-5H2,(H4,12,13,15,16). The zero-order chi connectivity index (χ0) is 13.4. The van der Waals surface area contributed by atoms with Crippen LogP contribution in [0.3, 0.4) is 0 Å². The number of nitrogens with two attached hydrogens (primary N) is 2. The number of amides is 1. The highest BCUT2D eigenvalue weighted by Crippen LogP contribution is 2.30. The van der Waals surface area contributed by atoms with Crippen LogP contribution < -0.4 is 16.8 Å². The summed E-state index contributed by atoms with van der Waals surface area (Å²) in [6, 6.07) is -0.478. The lowest BCUT2D eigenvalue weighted by atomic mass is 10.1. The Morgan fingerprint density at radius 3 is 2.79 bits per heavy atom. The first-order valence-electron chi connectivity index (χ1n) is 6.18. The zero-order valence-electron chi connectivity index (χ0n) is 10.4. The number of fused-ring (bicyclic) bond motifs is 1. The Morgan fingerprint density at radius 1 is 1.32 bits per heavy atom. The first-order valence-corrected chi connectivity index (χ1v) is 6.18. The van der Waals surface area contributed by atoms with Crippen LogP contribution in [0.25, 0.3) is 0 Å². The minimum absolute atomic E-state index is 0.0119. The van der Waals surface area contributed by atoms with E-state index in [9.17, 15) is 4.79 Å². The number of rotatable bonds is 1. The van der Waals surface area contributed by atoms with Gasteiger partial charge in [0.2, 0.25) is 11.9 Å². The third-order valence-electron chi connectivity index (χ3n) is 3.40. The van der Waals surface area contributed by atoms with Crippen molar-refractivity contribution in [2.24, 2.45) is 0 Å². The lowest BCUT2D eigenvalue weighted by molar-refractivity contribution is -0.137. The van der Waals surface area contributed by atoms with Crippen molar-refractivity contribution in [1.82, 2.24) is 20.2 Å². The third-order valence-corrected chi connectivity index (χ3v) is 3.40. The van der Waals surface area contributed by atoms with E-state index in [0.717, 1.165) is 0 Å². The second-order valence-electron chi connectivity index (χ2n) is 4.58. The predicted octanol–water partition coefficient (Wildman–Crippen LogP) is -1.36. The molecule has 1 saturated heterocycles. The summed E-state index contributed by atoms with van der Waals surface area (Å²) in [7, 11) is 0. The summed E-state index contributed by atoms with van der Waals surface area (Å²) >= 11 is 0. The average Bonchev–Trinajstić information content (AvgIpc) is 2.83. The minimum atomic E-state index is -0.478. The van der Waals surface area contributed by atoms with E-state index in [-0.39, 0.29) is 17.7 Å². The number of anilines is 2. The van der Waals surface area contributed by atoms with E-state index in [4.69, 9.17) is 16.2 Å². The summed E-state index contributed by atoms with van der Waals surface area (Å²) in [5.74, 6) is 0.402. The van der Waals surface area contributed by atoms with E-state index in [0.29, 0.717) is 44.1 Å². The van der Waals surface area contributed by atoms with Gasteiger partial charge in [0.1, 0.15) is 11.9 Å². The molecule has 19 heavy (non-hydrogen) atoms. The lowest BCUT2D eigenvalue weighted by Crippen LogP contribution is -2.45. The van der Waals surface area contributed by atoms with Gasteiger partial charge in [0, 0.05) is 25.2 Å². The third kappa shape index (κ3) is 2.08. The molecule has 1 fully saturated rings. The van der Waals surface area contributed by atoms with Crippen LogP contribution >= 0.6 is 0 Å². The molecule has 3 heterocycles. The van der Waals surface area contributed by atoms with E-state index in [1.165, 1.54) is 0 Å². The highest BCUT2D eigenvalue weighted by atomic mass is 16.5. The monoisotopic (exact) mass is 264 g/mol. The molecule has 1 aromatic heterocycles. The Kier molecular flexibility index (Phi) is 2.96. The molecule has 102 valence electrons. The largest absolute Gasteiger partial charge is 0.383 e. The van der Waals surface area contributed by atoms with Crippen LogP contribution in [0.4, 0.5) is 11.8 Å². The number of morpholine rings is 1. The van der Waals surface area contributed by atoms with E-state index in [2.05, 4.69) is 15.3 Å². The average molecular weight is 264 g/mol. The Morgan fingerprint density at radius 2 is 2.05 bits per heavy atom. The molecule has 2 aliphatic heterocycles. The maximum absolute atomic E-state index is 12.5. The Labute approximate surface area is 110 Å². The van der Waals surface area contributed by atoms with Crippen LogP contribution in [0.5, 0.6) is 0 Å². The van der Waals surface area contributed by atoms with Crippen molar-refractivity contribution in [2.75, 3.05) is 37.8 Å². The molecule has 8 nitrogen and oxygen atoms in total. The second kappa shape index (κ2) is 4.63. The quantitative estimate of drug-likeness (QED) is 0.573. The van der Waals surface area contributed by atoms with Crippen LogP contribution in [-0.4, -0.2) is 47.1 Å². The van der Waals surface area contributed by atoms with E-state index in [1.54, 1.807) is 4.90 Å². The summed E-state index contributed by atoms with van der Waals surface area (Å²) in [6.45, 7) is 2.81. The van der Waals surface area contributed by atoms with Crippen molar-refractivity contribution in [2.45, 2.75) is 12.6 Å². The molecular formula is C11H16N6O2. The summed E-state index contributed by atoms with van der Waals surface area (Å²) in [5.41, 5.74) is 12.8. The van der Waals surface area contributed by atoms with Crippen LogP contribution in [0, 0.1) is 0 Å². The summed E-state index contributed by atoms with van der Waals surface area (Å²) in [4.78, 5) is 22.3. The Balaban J connectivity index is 1.87. The zero-order valence-corrected chi connectivity index (χ0v) is 10.4. The van der Waals surface area contributed by atoms with E-state index in [1.807, 2.05) is 0 Å². The van der Waals surface area contributed by atoms with E-state index < -0.39 is 6.04 Å². The first kappa shape index (κ1) is 12.1. The molecule has 0 aromatic carbocycles. The number of nitrogen functional groups attached to an aromatic ring is 2. The van der Waals surface area contributed by atoms with Crippen molar-refractivity contribution in [3.8, 4) is 0 Å². The maximum atomic E-state index is 12.5. The number of ether oxygens (including phenoxy) is 1. The van der Waals surface area contributed by atoms with Gasteiger partial charge in [-0.05, 0) is 0 Å². The SMILES string of the molecule is Nc1nc(N)c2c(n1)CNC2C(=O)N1CCOCC1. The van der Waals surface area contributed by atoms with Gasteiger partial charge in [-0.1, -0.05) is 0 Å². The summed E-state index contributed by atoms with van der Waals surface area (Å²) < 4.78 is 5.24. The fourth-order valence-electron chi connectivity index (χ4n) is 2.48. The van der Waals surface area contributed by atoms with Gasteiger partial charge in [-0.25, -0.2) is 4.98 Å². The highest BCUT2D eigenvalue weighted by molar-refractivity contribution is 5.86. The van der Waals surface area contributed by atoms with Gasteiger partial charge < -0.3 is 21.1 Å². The fraction of sp³-hybridized carbons (Fsp3) is 0.545. The molecule has 1 amide bonds. The number of carbonyl (C=O) groups is 1. The van der Waals surface area contributed by atoms with Crippen LogP contribution in [0.2, 0.25) is 0 Å². The number of aromatic nitrogens is 2. The van der Waals surface area contributed by atoms with Gasteiger partial charge in [0.25, 0.3) is 0 Å². The van der Waals surface area contributed by atoms with Crippen LogP contribution in [-0.2, 0) is 16.1 Å². The lowest BCUT2D eigenvalue weighted by Gasteiger charge is -2.29. The molecule has 1 aromatic rings. The summed E-state index contributed by atoms with van der Waals surface area (Å²) in [5, 5.41) is 3.12. The van der Waals surface area contributed by atoms with Gasteiger partial charge in [-0.2, -0.15) is 4.98 Å². The number of nitrogens with zero attached hydrogens (tertiary/aromatic N) is 3. The van der Waals surface area contributed by atoms with Gasteiger partial charge in [-0.15, -0.1) is 0 Å². The van der Waals surface area contributed by atoms with Gasteiger partial charge in [0.05, 0.1) is 18.9 Å². The van der Waals surface area contributed by atoms with Gasteiger partial charge >= 0.3 is 0 Å². The smallest absolute Gasteiger partial charge is 0.244 e. The molecule has 8 heteroatoms. The van der Waals surface area contributed by atoms with E-state index >= 15 is 0 Å². The molecule has 2 aliphatic rings. The van der Waals surface area contributed by atoms with Crippen molar-refractivity contribution in [1.29, 1.82) is 0 Å². The van der Waals surface area contributed by atoms with Gasteiger partial charge in [0.15, 0.2) is 0 Å². The number of hydrogen-bond acceptors (Lipinski definition) is 7. The molecule has 5 N–H and O–H groups in total. The molecule has 0 bridgehead atoms. The predicted molar refractivity (Wildman–Crippen MR) is 67.8 cm³/mol. The molecule has 0 spiro atoms. The van der Waals surface area contributed by atoms with Crippen LogP contribution in [0.15, 0.2) is 0 Å². The molecular weight excluding hydrogens is 248 g/mol. The molecule has 1 atom stereocenters. The maximum Gasteiger partial charge on any atom is 0.244 e. The van der Waals surface area contributed by atoms with Gasteiger partial charge in [-0.3, -0.25) is 10.1 Å². The van der Waals surface area contributed by atoms with Crippen molar-refractivity contribution in [3.05, 3.63) is 11.3 Å². The summed E-state index contributed by atoms with van der Waals surface area (Å²) in [6.07, 6.45) is 0. The molecule has 0 radical (unpaired) electrons.